The third-order valence-corrected chi connectivity index (χ3v) is 7.78. The van der Waals surface area contributed by atoms with Crippen LogP contribution in [0, 0.1) is 5.82 Å². The largest absolute Gasteiger partial charge is 0.366 e. The molecule has 0 saturated carbocycles. The van der Waals surface area contributed by atoms with E-state index in [4.69, 9.17) is 0 Å². The number of sulfonamides is 1. The fraction of sp³-hybridized carbons (Fsp3) is 0.435. The maximum atomic E-state index is 14.0. The highest BCUT2D eigenvalue weighted by Gasteiger charge is 2.23. The van der Waals surface area contributed by atoms with Gasteiger partial charge in [-0.2, -0.15) is 4.31 Å². The van der Waals surface area contributed by atoms with Gasteiger partial charge in [0.25, 0.3) is 0 Å². The van der Waals surface area contributed by atoms with Crippen LogP contribution in [0.3, 0.4) is 0 Å². The van der Waals surface area contributed by atoms with E-state index < -0.39 is 10.0 Å². The minimum Gasteiger partial charge on any atom is -0.366 e. The van der Waals surface area contributed by atoms with Crippen LogP contribution in [-0.4, -0.2) is 62.8 Å². The number of nitrogens with zero attached hydrogens (tertiary/aromatic N) is 3. The van der Waals surface area contributed by atoms with Crippen LogP contribution in [0.25, 0.3) is 0 Å². The van der Waals surface area contributed by atoms with E-state index in [1.54, 1.807) is 36.4 Å². The number of aryl methyl sites for hydroxylation is 1. The summed E-state index contributed by atoms with van der Waals surface area (Å²) in [5.74, 6) is -0.179. The Kier molecular flexibility index (Phi) is 7.67. The molecule has 1 aliphatic heterocycles. The van der Waals surface area contributed by atoms with Crippen LogP contribution >= 0.6 is 0 Å². The first kappa shape index (κ1) is 23.2. The zero-order chi connectivity index (χ0) is 22.4. The Hall–Kier alpha value is -2.45. The van der Waals surface area contributed by atoms with Crippen molar-refractivity contribution >= 4 is 21.6 Å². The first-order valence-electron chi connectivity index (χ1n) is 10.7. The van der Waals surface area contributed by atoms with Crippen LogP contribution in [0.5, 0.6) is 0 Å². The van der Waals surface area contributed by atoms with Gasteiger partial charge in [0.2, 0.25) is 15.9 Å². The Balaban J connectivity index is 1.52. The third kappa shape index (κ3) is 5.43. The number of anilines is 1. The fourth-order valence-corrected chi connectivity index (χ4v) is 5.31. The number of para-hydroxylation sites is 1. The molecule has 168 valence electrons. The molecule has 31 heavy (non-hydrogen) atoms. The molecule has 2 aromatic carbocycles. The van der Waals surface area contributed by atoms with Crippen LogP contribution in [0.4, 0.5) is 10.1 Å². The lowest BCUT2D eigenvalue weighted by Gasteiger charge is -2.36. The van der Waals surface area contributed by atoms with Gasteiger partial charge in [0.1, 0.15) is 5.82 Å². The number of benzene rings is 2. The Morgan fingerprint density at radius 3 is 2.16 bits per heavy atom. The van der Waals surface area contributed by atoms with Crippen molar-refractivity contribution in [2.75, 3.05) is 44.2 Å². The average molecular weight is 448 g/mol. The van der Waals surface area contributed by atoms with Crippen molar-refractivity contribution in [1.82, 2.24) is 9.21 Å². The molecule has 0 bridgehead atoms. The van der Waals surface area contributed by atoms with Crippen LogP contribution in [0.15, 0.2) is 53.4 Å². The molecule has 0 atom stereocenters. The van der Waals surface area contributed by atoms with Crippen LogP contribution in [0.1, 0.15) is 25.8 Å². The average Bonchev–Trinajstić information content (AvgIpc) is 2.79. The summed E-state index contributed by atoms with van der Waals surface area (Å²) < 4.78 is 40.5. The maximum Gasteiger partial charge on any atom is 0.243 e. The summed E-state index contributed by atoms with van der Waals surface area (Å²) in [7, 11) is -3.47. The van der Waals surface area contributed by atoms with Crippen molar-refractivity contribution < 1.29 is 17.6 Å². The van der Waals surface area contributed by atoms with Crippen molar-refractivity contribution in [2.45, 2.75) is 31.6 Å². The van der Waals surface area contributed by atoms with Crippen LogP contribution in [-0.2, 0) is 21.2 Å². The first-order chi connectivity index (χ1) is 14.9. The zero-order valence-corrected chi connectivity index (χ0v) is 18.9. The molecular weight excluding hydrogens is 417 g/mol. The second kappa shape index (κ2) is 10.2. The number of amides is 1. The zero-order valence-electron chi connectivity index (χ0n) is 18.1. The van der Waals surface area contributed by atoms with E-state index in [-0.39, 0.29) is 16.6 Å². The number of hydrogen-bond acceptors (Lipinski definition) is 4. The lowest BCUT2D eigenvalue weighted by Crippen LogP contribution is -2.49. The summed E-state index contributed by atoms with van der Waals surface area (Å²) in [5, 5.41) is 0. The predicted molar refractivity (Wildman–Crippen MR) is 120 cm³/mol. The Bertz CT molecular complexity index is 983. The SMILES string of the molecule is CCN(CC)S(=O)(=O)c1ccc(CCC(=O)N2CCN(c3ccccc3F)CC2)cc1. The minimum absolute atomic E-state index is 0.0630. The molecule has 8 heteroatoms. The van der Waals surface area contributed by atoms with Crippen molar-refractivity contribution in [3.05, 3.63) is 59.9 Å². The number of rotatable bonds is 8. The number of piperazine rings is 1. The van der Waals surface area contributed by atoms with Gasteiger partial charge in [-0.15, -0.1) is 0 Å². The summed E-state index contributed by atoms with van der Waals surface area (Å²) in [6, 6.07) is 13.5. The van der Waals surface area contributed by atoms with Crippen molar-refractivity contribution in [3.63, 3.8) is 0 Å². The van der Waals surface area contributed by atoms with Crippen molar-refractivity contribution in [3.8, 4) is 0 Å². The molecule has 1 saturated heterocycles. The van der Waals surface area contributed by atoms with Gasteiger partial charge < -0.3 is 9.80 Å². The summed E-state index contributed by atoms with van der Waals surface area (Å²) in [6.07, 6.45) is 0.916. The molecule has 1 amide bonds. The maximum absolute atomic E-state index is 14.0. The van der Waals surface area contributed by atoms with Crippen molar-refractivity contribution in [2.24, 2.45) is 0 Å². The Morgan fingerprint density at radius 1 is 0.968 bits per heavy atom. The normalized spacial score (nSPS) is 14.8. The van der Waals surface area contributed by atoms with Gasteiger partial charge in [-0.1, -0.05) is 38.1 Å². The topological polar surface area (TPSA) is 60.9 Å². The lowest BCUT2D eigenvalue weighted by atomic mass is 10.1. The second-order valence-corrected chi connectivity index (χ2v) is 9.49. The highest BCUT2D eigenvalue weighted by Crippen LogP contribution is 2.21. The second-order valence-electron chi connectivity index (χ2n) is 7.55. The van der Waals surface area contributed by atoms with Gasteiger partial charge in [-0.25, -0.2) is 12.8 Å². The molecule has 0 spiro atoms. The highest BCUT2D eigenvalue weighted by molar-refractivity contribution is 7.89. The van der Waals surface area contributed by atoms with Gasteiger partial charge in [-0.05, 0) is 36.2 Å². The number of hydrogen-bond donors (Lipinski definition) is 0. The van der Waals surface area contributed by atoms with Crippen molar-refractivity contribution in [1.29, 1.82) is 0 Å². The van der Waals surface area contributed by atoms with E-state index in [0.29, 0.717) is 57.8 Å². The van der Waals surface area contributed by atoms with Gasteiger partial charge in [0.05, 0.1) is 10.6 Å². The molecule has 0 aliphatic carbocycles. The molecule has 0 unspecified atom stereocenters. The highest BCUT2D eigenvalue weighted by atomic mass is 32.2. The summed E-state index contributed by atoms with van der Waals surface area (Å²) in [5.41, 5.74) is 1.51. The van der Waals surface area contributed by atoms with E-state index in [2.05, 4.69) is 0 Å². The van der Waals surface area contributed by atoms with E-state index in [1.807, 2.05) is 29.7 Å². The molecule has 6 nitrogen and oxygen atoms in total. The number of halogens is 1. The van der Waals surface area contributed by atoms with Crippen LogP contribution < -0.4 is 4.90 Å². The molecule has 1 aliphatic rings. The summed E-state index contributed by atoms with van der Waals surface area (Å²) in [4.78, 5) is 16.7. The number of carbonyl (C=O) groups excluding carboxylic acids is 1. The molecule has 1 fully saturated rings. The summed E-state index contributed by atoms with van der Waals surface area (Å²) >= 11 is 0. The lowest BCUT2D eigenvalue weighted by molar-refractivity contribution is -0.131. The molecule has 0 aromatic heterocycles. The monoisotopic (exact) mass is 447 g/mol. The Labute approximate surface area is 184 Å². The molecule has 1 heterocycles. The molecule has 0 N–H and O–H groups in total. The van der Waals surface area contributed by atoms with E-state index in [9.17, 15) is 17.6 Å². The smallest absolute Gasteiger partial charge is 0.243 e. The standard InChI is InChI=1S/C23H30FN3O3S/c1-3-27(4-2)31(29,30)20-12-9-19(10-13-20)11-14-23(28)26-17-15-25(16-18-26)22-8-6-5-7-21(22)24/h5-10,12-13H,3-4,11,14-18H2,1-2H3. The first-order valence-corrected chi connectivity index (χ1v) is 12.2. The third-order valence-electron chi connectivity index (χ3n) is 5.72. The predicted octanol–water partition coefficient (Wildman–Crippen LogP) is 3.14. The molecular formula is C23H30FN3O3S. The van der Waals surface area contributed by atoms with E-state index in [0.717, 1.165) is 5.56 Å². The van der Waals surface area contributed by atoms with Gasteiger partial charge in [0.15, 0.2) is 0 Å². The minimum atomic E-state index is -3.47. The molecule has 2 aromatic rings. The Morgan fingerprint density at radius 2 is 1.58 bits per heavy atom. The van der Waals surface area contributed by atoms with Gasteiger partial charge in [0, 0.05) is 45.7 Å². The molecule has 0 radical (unpaired) electrons. The van der Waals surface area contributed by atoms with Crippen LogP contribution in [0.2, 0.25) is 0 Å². The van der Waals surface area contributed by atoms with E-state index in [1.165, 1.54) is 10.4 Å². The van der Waals surface area contributed by atoms with E-state index >= 15 is 0 Å². The summed E-state index contributed by atoms with van der Waals surface area (Å²) in [6.45, 7) is 6.82. The quantitative estimate of drug-likeness (QED) is 0.624. The van der Waals surface area contributed by atoms with Gasteiger partial charge >= 0.3 is 0 Å². The fourth-order valence-electron chi connectivity index (χ4n) is 3.86. The molecule has 3 rings (SSSR count). The van der Waals surface area contributed by atoms with Gasteiger partial charge in [-0.3, -0.25) is 4.79 Å². The number of carbonyl (C=O) groups is 1.